The number of carboxylic acids is 2. The Morgan fingerprint density at radius 2 is 1.54 bits per heavy atom. The quantitative estimate of drug-likeness (QED) is 0.423. The van der Waals surface area contributed by atoms with Crippen molar-refractivity contribution in [2.75, 3.05) is 0 Å². The molecule has 0 atom stereocenters. The van der Waals surface area contributed by atoms with Crippen LogP contribution in [0.3, 0.4) is 0 Å². The summed E-state index contributed by atoms with van der Waals surface area (Å²) in [6.45, 7) is 13.6. The van der Waals surface area contributed by atoms with Crippen molar-refractivity contribution < 1.29 is 19.8 Å². The van der Waals surface area contributed by atoms with E-state index in [4.69, 9.17) is 10.2 Å². The third kappa shape index (κ3) is 12.9. The number of hydrogen-bond donors (Lipinski definition) is 2. The second-order valence-corrected chi connectivity index (χ2v) is 4.74. The Hall–Kier alpha value is -2.84. The highest BCUT2D eigenvalue weighted by molar-refractivity contribution is 5.94. The molecule has 1 aromatic carbocycles. The molecule has 0 amide bonds. The van der Waals surface area contributed by atoms with E-state index in [0.29, 0.717) is 5.56 Å². The van der Waals surface area contributed by atoms with Crippen LogP contribution in [-0.2, 0) is 0 Å². The summed E-state index contributed by atoms with van der Waals surface area (Å²) in [5.41, 5.74) is 2.87. The van der Waals surface area contributed by atoms with Crippen LogP contribution in [0.1, 0.15) is 52.5 Å². The van der Waals surface area contributed by atoms with Gasteiger partial charge in [0.05, 0.1) is 11.1 Å². The van der Waals surface area contributed by atoms with E-state index in [1.54, 1.807) is 6.92 Å². The minimum atomic E-state index is -1.12. The van der Waals surface area contributed by atoms with Gasteiger partial charge in [0.25, 0.3) is 0 Å². The first kappa shape index (κ1) is 23.4. The number of hydrogen-bond acceptors (Lipinski definition) is 2. The Kier molecular flexibility index (Phi) is 14.7. The zero-order chi connectivity index (χ0) is 19.0. The number of aryl methyl sites for hydroxylation is 1. The van der Waals surface area contributed by atoms with E-state index in [0.717, 1.165) is 12.5 Å². The molecule has 0 unspecified atom stereocenters. The zero-order valence-corrected chi connectivity index (χ0v) is 14.4. The van der Waals surface area contributed by atoms with E-state index in [2.05, 4.69) is 37.6 Å². The van der Waals surface area contributed by atoms with Crippen molar-refractivity contribution in [3.8, 4) is 0 Å². The van der Waals surface area contributed by atoms with Crippen molar-refractivity contribution >= 4 is 11.9 Å². The molecule has 0 fully saturated rings. The van der Waals surface area contributed by atoms with E-state index in [-0.39, 0.29) is 11.1 Å². The Labute approximate surface area is 144 Å². The van der Waals surface area contributed by atoms with E-state index in [1.807, 2.05) is 13.0 Å². The van der Waals surface area contributed by atoms with Crippen molar-refractivity contribution in [3.05, 3.63) is 78.6 Å². The maximum atomic E-state index is 10.5. The van der Waals surface area contributed by atoms with Crippen LogP contribution in [0.15, 0.2) is 61.9 Å². The second-order valence-electron chi connectivity index (χ2n) is 4.74. The largest absolute Gasteiger partial charge is 0.478 e. The lowest BCUT2D eigenvalue weighted by Gasteiger charge is -1.99. The van der Waals surface area contributed by atoms with Crippen molar-refractivity contribution in [1.82, 2.24) is 0 Å². The third-order valence-electron chi connectivity index (χ3n) is 2.59. The van der Waals surface area contributed by atoms with Crippen molar-refractivity contribution in [3.63, 3.8) is 0 Å². The molecule has 0 saturated carbocycles. The Bertz CT molecular complexity index is 559. The SMILES string of the molecule is C=C=C.C=CCCCC=CC.Cc1cc(C(=O)O)cc(C(=O)O)c1. The van der Waals surface area contributed by atoms with E-state index < -0.39 is 11.9 Å². The predicted octanol–water partition coefficient (Wildman–Crippen LogP) is 5.27. The molecule has 0 spiro atoms. The number of aromatic carboxylic acids is 2. The fourth-order valence-electron chi connectivity index (χ4n) is 1.58. The molecule has 1 rings (SSSR count). The minimum Gasteiger partial charge on any atom is -0.478 e. The topological polar surface area (TPSA) is 74.6 Å². The summed E-state index contributed by atoms with van der Waals surface area (Å²) in [4.78, 5) is 21.1. The maximum Gasteiger partial charge on any atom is 0.335 e. The molecule has 0 heterocycles. The highest BCUT2D eigenvalue weighted by Gasteiger charge is 2.09. The first-order chi connectivity index (χ1) is 11.3. The lowest BCUT2D eigenvalue weighted by Crippen LogP contribution is -2.02. The summed E-state index contributed by atoms with van der Waals surface area (Å²) in [7, 11) is 0. The molecule has 2 N–H and O–H groups in total. The zero-order valence-electron chi connectivity index (χ0n) is 14.4. The minimum absolute atomic E-state index is 0.00241. The summed E-state index contributed by atoms with van der Waals surface area (Å²) >= 11 is 0. The lowest BCUT2D eigenvalue weighted by molar-refractivity contribution is 0.0696. The molecular formula is C20H26O4. The average Bonchev–Trinajstić information content (AvgIpc) is 2.52. The standard InChI is InChI=1S/C9H8O4.C8H14.C3H4/c1-5-2-6(8(10)11)4-7(3-5)9(12)13;1-3-5-7-8-6-4-2;1-3-2/h2-4H,1H3,(H,10,11)(H,12,13);3-4,6H,1,5,7-8H2,2H3;1-2H2. The van der Waals surface area contributed by atoms with Gasteiger partial charge in [0.1, 0.15) is 0 Å². The van der Waals surface area contributed by atoms with Crippen LogP contribution in [0.5, 0.6) is 0 Å². The summed E-state index contributed by atoms with van der Waals surface area (Å²) in [6, 6.07) is 3.99. The summed E-state index contributed by atoms with van der Waals surface area (Å²) in [6.07, 6.45) is 9.82. The number of unbranched alkanes of at least 4 members (excludes halogenated alkanes) is 2. The average molecular weight is 330 g/mol. The molecule has 0 aromatic heterocycles. The van der Waals surface area contributed by atoms with Gasteiger partial charge in [-0.05, 0) is 56.9 Å². The van der Waals surface area contributed by atoms with Crippen LogP contribution in [-0.4, -0.2) is 22.2 Å². The Morgan fingerprint density at radius 3 is 1.88 bits per heavy atom. The fourth-order valence-corrected chi connectivity index (χ4v) is 1.58. The van der Waals surface area contributed by atoms with Crippen LogP contribution < -0.4 is 0 Å². The van der Waals surface area contributed by atoms with Gasteiger partial charge in [-0.25, -0.2) is 9.59 Å². The first-order valence-corrected chi connectivity index (χ1v) is 7.43. The molecule has 0 aliphatic carbocycles. The van der Waals surface area contributed by atoms with Gasteiger partial charge in [-0.2, -0.15) is 0 Å². The number of benzene rings is 1. The molecule has 0 bridgehead atoms. The molecule has 130 valence electrons. The van der Waals surface area contributed by atoms with Crippen molar-refractivity contribution in [1.29, 1.82) is 0 Å². The van der Waals surface area contributed by atoms with Crippen molar-refractivity contribution in [2.24, 2.45) is 0 Å². The number of allylic oxidation sites excluding steroid dienone is 3. The summed E-state index contributed by atoms with van der Waals surface area (Å²) < 4.78 is 0. The van der Waals surface area contributed by atoms with Crippen LogP contribution in [0.4, 0.5) is 0 Å². The van der Waals surface area contributed by atoms with Gasteiger partial charge in [-0.3, -0.25) is 0 Å². The first-order valence-electron chi connectivity index (χ1n) is 7.43. The van der Waals surface area contributed by atoms with Gasteiger partial charge in [0, 0.05) is 0 Å². The predicted molar refractivity (Wildman–Crippen MR) is 98.7 cm³/mol. The third-order valence-corrected chi connectivity index (χ3v) is 2.59. The normalized spacial score (nSPS) is 8.92. The molecule has 24 heavy (non-hydrogen) atoms. The molecule has 0 aliphatic rings. The van der Waals surface area contributed by atoms with Crippen LogP contribution >= 0.6 is 0 Å². The van der Waals surface area contributed by atoms with Gasteiger partial charge in [0.2, 0.25) is 0 Å². The van der Waals surface area contributed by atoms with Gasteiger partial charge < -0.3 is 10.2 Å². The number of carbonyl (C=O) groups is 2. The molecule has 4 heteroatoms. The molecule has 0 radical (unpaired) electrons. The number of rotatable bonds is 6. The van der Waals surface area contributed by atoms with Crippen LogP contribution in [0.25, 0.3) is 0 Å². The second kappa shape index (κ2) is 15.1. The maximum absolute atomic E-state index is 10.5. The van der Waals surface area contributed by atoms with Crippen LogP contribution in [0, 0.1) is 6.92 Å². The summed E-state index contributed by atoms with van der Waals surface area (Å²) in [5, 5.41) is 17.2. The van der Waals surface area contributed by atoms with Gasteiger partial charge in [0.15, 0.2) is 0 Å². The molecule has 0 aliphatic heterocycles. The summed E-state index contributed by atoms with van der Waals surface area (Å²) in [5.74, 6) is -2.24. The molecule has 0 saturated heterocycles. The highest BCUT2D eigenvalue weighted by atomic mass is 16.4. The van der Waals surface area contributed by atoms with E-state index in [9.17, 15) is 9.59 Å². The monoisotopic (exact) mass is 330 g/mol. The Morgan fingerprint density at radius 1 is 1.08 bits per heavy atom. The highest BCUT2D eigenvalue weighted by Crippen LogP contribution is 2.09. The van der Waals surface area contributed by atoms with Gasteiger partial charge in [-0.15, -0.1) is 12.3 Å². The molecule has 1 aromatic rings. The lowest BCUT2D eigenvalue weighted by atomic mass is 10.1. The fraction of sp³-hybridized carbons (Fsp3) is 0.250. The smallest absolute Gasteiger partial charge is 0.335 e. The van der Waals surface area contributed by atoms with Crippen LogP contribution in [0.2, 0.25) is 0 Å². The Balaban J connectivity index is 0. The molecular weight excluding hydrogens is 304 g/mol. The van der Waals surface area contributed by atoms with E-state index in [1.165, 1.54) is 25.0 Å². The molecule has 4 nitrogen and oxygen atoms in total. The van der Waals surface area contributed by atoms with Gasteiger partial charge >= 0.3 is 11.9 Å². The van der Waals surface area contributed by atoms with Crippen molar-refractivity contribution in [2.45, 2.75) is 33.1 Å². The van der Waals surface area contributed by atoms with Gasteiger partial charge in [-0.1, -0.05) is 31.4 Å². The van der Waals surface area contributed by atoms with E-state index >= 15 is 0 Å². The number of carboxylic acid groups (broad SMARTS) is 2.